The van der Waals surface area contributed by atoms with Gasteiger partial charge in [0.15, 0.2) is 0 Å². The zero-order chi connectivity index (χ0) is 23.1. The Balaban J connectivity index is -0.000000382. The van der Waals surface area contributed by atoms with Crippen molar-refractivity contribution in [2.45, 2.75) is 25.7 Å². The van der Waals surface area contributed by atoms with Crippen molar-refractivity contribution in [2.75, 3.05) is 0 Å². The standard InChI is InChI=1S/2C7H7NO2.C6H10O4.2H2O/c2*8-7(10)5-1-3-6(9)4-2-5;7-5(8)3-1-2-4-6(9)10;;/h2*1-4,9H,(H2,8,10);1-4H2,(H,7,8)(H,9,10);2*1H2. The average Bonchev–Trinajstić information content (AvgIpc) is 2.67. The first-order valence-corrected chi connectivity index (χ1v) is 8.64. The number of amides is 2. The Labute approximate surface area is 183 Å². The Morgan fingerprint density at radius 3 is 1.03 bits per heavy atom. The second-order valence-corrected chi connectivity index (χ2v) is 5.82. The van der Waals surface area contributed by atoms with Gasteiger partial charge < -0.3 is 42.8 Å². The van der Waals surface area contributed by atoms with Gasteiger partial charge in [-0.2, -0.15) is 0 Å². The van der Waals surface area contributed by atoms with Gasteiger partial charge in [-0.1, -0.05) is 0 Å². The van der Waals surface area contributed by atoms with E-state index in [0.717, 1.165) is 0 Å². The van der Waals surface area contributed by atoms with Gasteiger partial charge in [0, 0.05) is 24.0 Å². The normalized spacial score (nSPS) is 8.62. The zero-order valence-electron chi connectivity index (χ0n) is 17.0. The van der Waals surface area contributed by atoms with Gasteiger partial charge in [-0.15, -0.1) is 0 Å². The van der Waals surface area contributed by atoms with Crippen LogP contribution < -0.4 is 11.5 Å². The number of aromatic hydroxyl groups is 2. The van der Waals surface area contributed by atoms with Crippen molar-refractivity contribution in [3.63, 3.8) is 0 Å². The Morgan fingerprint density at radius 1 is 0.594 bits per heavy atom. The fourth-order valence-electron chi connectivity index (χ4n) is 1.80. The minimum Gasteiger partial charge on any atom is -0.508 e. The van der Waals surface area contributed by atoms with Crippen molar-refractivity contribution in [1.82, 2.24) is 0 Å². The lowest BCUT2D eigenvalue weighted by Crippen LogP contribution is -2.10. The summed E-state index contributed by atoms with van der Waals surface area (Å²) in [6.07, 6.45) is 1.02. The van der Waals surface area contributed by atoms with E-state index in [9.17, 15) is 19.2 Å². The van der Waals surface area contributed by atoms with E-state index < -0.39 is 23.8 Å². The molecule has 2 rings (SSSR count). The van der Waals surface area contributed by atoms with Gasteiger partial charge in [0.25, 0.3) is 0 Å². The van der Waals surface area contributed by atoms with Gasteiger partial charge >= 0.3 is 11.9 Å². The van der Waals surface area contributed by atoms with E-state index in [-0.39, 0.29) is 35.3 Å². The van der Waals surface area contributed by atoms with E-state index >= 15 is 0 Å². The molecule has 0 atom stereocenters. The van der Waals surface area contributed by atoms with E-state index in [0.29, 0.717) is 24.0 Å². The van der Waals surface area contributed by atoms with Crippen LogP contribution in [0.2, 0.25) is 0 Å². The Kier molecular flexibility index (Phi) is 18.0. The Hall–Kier alpha value is -4.16. The highest BCUT2D eigenvalue weighted by Crippen LogP contribution is 2.09. The van der Waals surface area contributed by atoms with Crippen LogP contribution in [0, 0.1) is 0 Å². The molecule has 2 aromatic rings. The number of carbonyl (C=O) groups is 4. The molecular formula is C20H28N2O10. The molecule has 0 radical (unpaired) electrons. The van der Waals surface area contributed by atoms with Gasteiger partial charge in [0.1, 0.15) is 11.5 Å². The highest BCUT2D eigenvalue weighted by Gasteiger charge is 1.99. The summed E-state index contributed by atoms with van der Waals surface area (Å²) in [6, 6.07) is 11.5. The topological polar surface area (TPSA) is 264 Å². The Morgan fingerprint density at radius 2 is 0.844 bits per heavy atom. The van der Waals surface area contributed by atoms with Crippen LogP contribution in [0.1, 0.15) is 46.4 Å². The smallest absolute Gasteiger partial charge is 0.303 e. The summed E-state index contributed by atoms with van der Waals surface area (Å²) < 4.78 is 0. The molecule has 0 spiro atoms. The third-order valence-electron chi connectivity index (χ3n) is 3.33. The van der Waals surface area contributed by atoms with Gasteiger partial charge in [0.2, 0.25) is 11.8 Å². The Bertz CT molecular complexity index is 765. The molecule has 0 aromatic heterocycles. The average molecular weight is 456 g/mol. The maximum Gasteiger partial charge on any atom is 0.303 e. The fraction of sp³-hybridized carbons (Fsp3) is 0.200. The molecule has 0 saturated heterocycles. The quantitative estimate of drug-likeness (QED) is 0.309. The molecule has 0 aliphatic carbocycles. The number of hydrogen-bond acceptors (Lipinski definition) is 6. The lowest BCUT2D eigenvalue weighted by Gasteiger charge is -1.93. The fourth-order valence-corrected chi connectivity index (χ4v) is 1.80. The summed E-state index contributed by atoms with van der Waals surface area (Å²) in [5.41, 5.74) is 10.7. The minimum absolute atomic E-state index is 0. The maximum absolute atomic E-state index is 10.5. The first-order valence-electron chi connectivity index (χ1n) is 8.64. The largest absolute Gasteiger partial charge is 0.508 e. The van der Waals surface area contributed by atoms with E-state index in [1.165, 1.54) is 48.5 Å². The summed E-state index contributed by atoms with van der Waals surface area (Å²) in [7, 11) is 0. The van der Waals surface area contributed by atoms with Crippen molar-refractivity contribution < 1.29 is 50.6 Å². The number of rotatable bonds is 7. The van der Waals surface area contributed by atoms with Gasteiger partial charge in [-0.25, -0.2) is 0 Å². The number of hydrogen-bond donors (Lipinski definition) is 6. The molecule has 0 aliphatic heterocycles. The van der Waals surface area contributed by atoms with Crippen LogP contribution in [-0.2, 0) is 9.59 Å². The maximum atomic E-state index is 10.5. The predicted octanol–water partition coefficient (Wildman–Crippen LogP) is 0.0488. The van der Waals surface area contributed by atoms with Crippen LogP contribution in [0.15, 0.2) is 48.5 Å². The molecule has 0 aliphatic rings. The number of aliphatic carboxylic acids is 2. The molecule has 178 valence electrons. The summed E-state index contributed by atoms with van der Waals surface area (Å²) in [6.45, 7) is 0. The monoisotopic (exact) mass is 456 g/mol. The number of unbranched alkanes of at least 4 members (excludes halogenated alkanes) is 1. The van der Waals surface area contributed by atoms with Gasteiger partial charge in [-0.3, -0.25) is 19.2 Å². The van der Waals surface area contributed by atoms with Gasteiger partial charge in [-0.05, 0) is 61.4 Å². The van der Waals surface area contributed by atoms with Crippen molar-refractivity contribution in [2.24, 2.45) is 11.5 Å². The lowest BCUT2D eigenvalue weighted by atomic mass is 10.2. The third kappa shape index (κ3) is 16.8. The van der Waals surface area contributed by atoms with Gasteiger partial charge in [0.05, 0.1) is 0 Å². The third-order valence-corrected chi connectivity index (χ3v) is 3.33. The van der Waals surface area contributed by atoms with Crippen molar-refractivity contribution in [3.8, 4) is 11.5 Å². The molecule has 0 saturated carbocycles. The summed E-state index contributed by atoms with van der Waals surface area (Å²) in [5.74, 6) is -2.45. The molecule has 12 nitrogen and oxygen atoms in total. The SMILES string of the molecule is NC(=O)c1ccc(O)cc1.NC(=O)c1ccc(O)cc1.O.O.O=C(O)CCCCC(=O)O. The molecule has 32 heavy (non-hydrogen) atoms. The summed E-state index contributed by atoms with van der Waals surface area (Å²) in [5, 5.41) is 33.8. The first kappa shape index (κ1) is 32.5. The summed E-state index contributed by atoms with van der Waals surface area (Å²) >= 11 is 0. The zero-order valence-corrected chi connectivity index (χ0v) is 17.0. The number of phenols is 2. The molecule has 12 heteroatoms. The van der Waals surface area contributed by atoms with Crippen LogP contribution in [-0.4, -0.2) is 55.1 Å². The van der Waals surface area contributed by atoms with Crippen LogP contribution in [0.3, 0.4) is 0 Å². The highest BCUT2D eigenvalue weighted by atomic mass is 16.4. The molecular weight excluding hydrogens is 428 g/mol. The minimum atomic E-state index is -0.870. The number of carbonyl (C=O) groups excluding carboxylic acids is 2. The van der Waals surface area contributed by atoms with Crippen LogP contribution >= 0.6 is 0 Å². The summed E-state index contributed by atoms with van der Waals surface area (Å²) in [4.78, 5) is 40.7. The van der Waals surface area contributed by atoms with E-state index in [1.54, 1.807) is 0 Å². The molecule has 2 aromatic carbocycles. The predicted molar refractivity (Wildman–Crippen MR) is 114 cm³/mol. The van der Waals surface area contributed by atoms with Crippen LogP contribution in [0.4, 0.5) is 0 Å². The molecule has 12 N–H and O–H groups in total. The second kappa shape index (κ2) is 17.7. The number of phenolic OH excluding ortho intramolecular Hbond substituents is 2. The van der Waals surface area contributed by atoms with E-state index in [2.05, 4.69) is 0 Å². The number of nitrogens with two attached hydrogens (primary N) is 2. The van der Waals surface area contributed by atoms with E-state index in [4.69, 9.17) is 31.9 Å². The molecule has 0 unspecified atom stereocenters. The van der Waals surface area contributed by atoms with Crippen LogP contribution in [0.25, 0.3) is 0 Å². The number of benzene rings is 2. The number of primary amides is 2. The van der Waals surface area contributed by atoms with Crippen molar-refractivity contribution in [3.05, 3.63) is 59.7 Å². The first-order chi connectivity index (χ1) is 14.0. The molecule has 0 fully saturated rings. The van der Waals surface area contributed by atoms with Crippen molar-refractivity contribution in [1.29, 1.82) is 0 Å². The molecule has 0 bridgehead atoms. The molecule has 0 heterocycles. The lowest BCUT2D eigenvalue weighted by molar-refractivity contribution is -0.139. The number of carboxylic acid groups (broad SMARTS) is 2. The van der Waals surface area contributed by atoms with E-state index in [1.807, 2.05) is 0 Å². The highest BCUT2D eigenvalue weighted by molar-refractivity contribution is 5.93. The van der Waals surface area contributed by atoms with Crippen LogP contribution in [0.5, 0.6) is 11.5 Å². The molecule has 2 amide bonds. The van der Waals surface area contributed by atoms with Crippen molar-refractivity contribution >= 4 is 23.8 Å². The number of carboxylic acids is 2. The second-order valence-electron chi connectivity index (χ2n) is 5.82.